The fourth-order valence-corrected chi connectivity index (χ4v) is 2.67. The molecular formula is C15H17FN2O2S. The third-order valence-electron chi connectivity index (χ3n) is 2.92. The van der Waals surface area contributed by atoms with Crippen molar-refractivity contribution in [2.75, 3.05) is 5.32 Å². The number of carbonyl (C=O) groups excluding carboxylic acids is 1. The quantitative estimate of drug-likeness (QED) is 0.860. The highest BCUT2D eigenvalue weighted by atomic mass is 32.1. The van der Waals surface area contributed by atoms with Crippen molar-refractivity contribution in [2.24, 2.45) is 0 Å². The Labute approximate surface area is 126 Å². The van der Waals surface area contributed by atoms with Gasteiger partial charge in [-0.15, -0.1) is 11.3 Å². The van der Waals surface area contributed by atoms with E-state index in [4.69, 9.17) is 0 Å². The third kappa shape index (κ3) is 4.61. The molecule has 2 aromatic rings. The number of hydrogen-bond acceptors (Lipinski definition) is 4. The Morgan fingerprint density at radius 3 is 3.05 bits per heavy atom. The van der Waals surface area contributed by atoms with Crippen LogP contribution in [0.4, 0.5) is 9.52 Å². The minimum Gasteiger partial charge on any atom is -0.388 e. The summed E-state index contributed by atoms with van der Waals surface area (Å²) in [6.07, 6.45) is 0.704. The number of anilines is 1. The Morgan fingerprint density at radius 1 is 1.52 bits per heavy atom. The molecule has 1 unspecified atom stereocenters. The molecule has 0 aliphatic rings. The summed E-state index contributed by atoms with van der Waals surface area (Å²) in [6.45, 7) is 2.06. The number of aryl methyl sites for hydroxylation is 1. The molecule has 0 aliphatic heterocycles. The minimum absolute atomic E-state index is 0.133. The van der Waals surface area contributed by atoms with Crippen LogP contribution in [-0.2, 0) is 11.2 Å². The molecule has 0 saturated carbocycles. The molecule has 0 fully saturated rings. The standard InChI is InChI=1S/C15H17FN2O2S/c1-2-4-12-9-21-15(17-12)18-14(20)8-13(19)10-5-3-6-11(16)7-10/h3,5-7,9,13,19H,2,4,8H2,1H3,(H,17,18,20). The number of nitrogens with zero attached hydrogens (tertiary/aromatic N) is 1. The Bertz CT molecular complexity index is 615. The Hall–Kier alpha value is -1.79. The van der Waals surface area contributed by atoms with Gasteiger partial charge in [0.25, 0.3) is 0 Å². The molecular weight excluding hydrogens is 291 g/mol. The Morgan fingerprint density at radius 2 is 2.33 bits per heavy atom. The summed E-state index contributed by atoms with van der Waals surface area (Å²) in [6, 6.07) is 5.61. The number of carbonyl (C=O) groups is 1. The van der Waals surface area contributed by atoms with Crippen molar-refractivity contribution in [2.45, 2.75) is 32.3 Å². The lowest BCUT2D eigenvalue weighted by atomic mass is 10.1. The lowest BCUT2D eigenvalue weighted by Crippen LogP contribution is -2.15. The van der Waals surface area contributed by atoms with E-state index in [0.29, 0.717) is 10.7 Å². The van der Waals surface area contributed by atoms with Gasteiger partial charge >= 0.3 is 0 Å². The van der Waals surface area contributed by atoms with E-state index in [1.54, 1.807) is 6.07 Å². The van der Waals surface area contributed by atoms with Crippen LogP contribution in [-0.4, -0.2) is 16.0 Å². The second-order valence-corrected chi connectivity index (χ2v) is 5.58. The molecule has 6 heteroatoms. The number of rotatable bonds is 6. The number of thiazole rings is 1. The van der Waals surface area contributed by atoms with Gasteiger partial charge in [-0.2, -0.15) is 0 Å². The molecule has 1 aromatic heterocycles. The van der Waals surface area contributed by atoms with Crippen LogP contribution in [0.25, 0.3) is 0 Å². The molecule has 0 saturated heterocycles. The van der Waals surface area contributed by atoms with E-state index in [-0.39, 0.29) is 12.3 Å². The highest BCUT2D eigenvalue weighted by Gasteiger charge is 2.14. The van der Waals surface area contributed by atoms with Gasteiger partial charge in [-0.3, -0.25) is 4.79 Å². The van der Waals surface area contributed by atoms with Gasteiger partial charge in [0.05, 0.1) is 18.2 Å². The molecule has 1 amide bonds. The SMILES string of the molecule is CCCc1csc(NC(=O)CC(O)c2cccc(F)c2)n1. The summed E-state index contributed by atoms with van der Waals surface area (Å²) in [5, 5.41) is 15.0. The average Bonchev–Trinajstić information content (AvgIpc) is 2.86. The summed E-state index contributed by atoms with van der Waals surface area (Å²) in [5.41, 5.74) is 1.33. The maximum atomic E-state index is 13.1. The zero-order valence-electron chi connectivity index (χ0n) is 11.7. The van der Waals surface area contributed by atoms with E-state index >= 15 is 0 Å². The first kappa shape index (κ1) is 15.6. The van der Waals surface area contributed by atoms with Crippen molar-refractivity contribution in [1.29, 1.82) is 0 Å². The van der Waals surface area contributed by atoms with Crippen molar-refractivity contribution in [3.05, 3.63) is 46.7 Å². The first-order valence-corrected chi connectivity index (χ1v) is 7.64. The molecule has 0 bridgehead atoms. The molecule has 1 aromatic carbocycles. The maximum absolute atomic E-state index is 13.1. The zero-order chi connectivity index (χ0) is 15.2. The van der Waals surface area contributed by atoms with Crippen molar-refractivity contribution in [3.63, 3.8) is 0 Å². The number of aliphatic hydroxyl groups is 1. The smallest absolute Gasteiger partial charge is 0.229 e. The van der Waals surface area contributed by atoms with Crippen LogP contribution in [0.5, 0.6) is 0 Å². The van der Waals surface area contributed by atoms with Gasteiger partial charge in [0.1, 0.15) is 5.82 Å². The maximum Gasteiger partial charge on any atom is 0.229 e. The van der Waals surface area contributed by atoms with Crippen LogP contribution in [0.3, 0.4) is 0 Å². The third-order valence-corrected chi connectivity index (χ3v) is 3.72. The number of halogens is 1. The number of nitrogens with one attached hydrogen (secondary N) is 1. The van der Waals surface area contributed by atoms with E-state index in [9.17, 15) is 14.3 Å². The average molecular weight is 308 g/mol. The highest BCUT2D eigenvalue weighted by Crippen LogP contribution is 2.20. The second-order valence-electron chi connectivity index (χ2n) is 4.72. The predicted octanol–water partition coefficient (Wildman–Crippen LogP) is 3.30. The lowest BCUT2D eigenvalue weighted by Gasteiger charge is -2.10. The van der Waals surface area contributed by atoms with Crippen LogP contribution in [0.2, 0.25) is 0 Å². The van der Waals surface area contributed by atoms with E-state index in [1.165, 1.54) is 29.5 Å². The lowest BCUT2D eigenvalue weighted by molar-refractivity contribution is -0.118. The van der Waals surface area contributed by atoms with E-state index in [1.807, 2.05) is 5.38 Å². The number of hydrogen-bond donors (Lipinski definition) is 2. The number of amides is 1. The second kappa shape index (κ2) is 7.28. The van der Waals surface area contributed by atoms with Gasteiger partial charge < -0.3 is 10.4 Å². The molecule has 21 heavy (non-hydrogen) atoms. The largest absolute Gasteiger partial charge is 0.388 e. The van der Waals surface area contributed by atoms with Crippen molar-refractivity contribution >= 4 is 22.4 Å². The van der Waals surface area contributed by atoms with E-state index < -0.39 is 11.9 Å². The topological polar surface area (TPSA) is 62.2 Å². The van der Waals surface area contributed by atoms with Crippen LogP contribution < -0.4 is 5.32 Å². The number of benzene rings is 1. The van der Waals surface area contributed by atoms with Gasteiger partial charge in [-0.05, 0) is 24.1 Å². The summed E-state index contributed by atoms with van der Waals surface area (Å²) in [5.74, 6) is -0.778. The van der Waals surface area contributed by atoms with E-state index in [2.05, 4.69) is 17.2 Å². The van der Waals surface area contributed by atoms with Crippen molar-refractivity contribution in [3.8, 4) is 0 Å². The molecule has 2 rings (SSSR count). The van der Waals surface area contributed by atoms with Crippen LogP contribution in [0.1, 0.15) is 37.1 Å². The molecule has 0 aliphatic carbocycles. The minimum atomic E-state index is -1.03. The normalized spacial score (nSPS) is 12.1. The molecule has 4 nitrogen and oxygen atoms in total. The molecule has 0 radical (unpaired) electrons. The van der Waals surface area contributed by atoms with Gasteiger partial charge in [-0.25, -0.2) is 9.37 Å². The van der Waals surface area contributed by atoms with Gasteiger partial charge in [-0.1, -0.05) is 25.5 Å². The fraction of sp³-hybridized carbons (Fsp3) is 0.333. The summed E-state index contributed by atoms with van der Waals surface area (Å²) >= 11 is 1.36. The van der Waals surface area contributed by atoms with Crippen molar-refractivity contribution in [1.82, 2.24) is 4.98 Å². The molecule has 1 atom stereocenters. The Balaban J connectivity index is 1.91. The van der Waals surface area contributed by atoms with Crippen LogP contribution >= 0.6 is 11.3 Å². The summed E-state index contributed by atoms with van der Waals surface area (Å²) < 4.78 is 13.1. The molecule has 2 N–H and O–H groups in total. The number of aromatic nitrogens is 1. The fourth-order valence-electron chi connectivity index (χ4n) is 1.91. The Kier molecular flexibility index (Phi) is 5.41. The molecule has 1 heterocycles. The molecule has 112 valence electrons. The van der Waals surface area contributed by atoms with Crippen LogP contribution in [0, 0.1) is 5.82 Å². The monoisotopic (exact) mass is 308 g/mol. The molecule has 0 spiro atoms. The van der Waals surface area contributed by atoms with E-state index in [0.717, 1.165) is 18.5 Å². The summed E-state index contributed by atoms with van der Waals surface area (Å²) in [7, 11) is 0. The first-order valence-electron chi connectivity index (χ1n) is 6.76. The van der Waals surface area contributed by atoms with Gasteiger partial charge in [0.2, 0.25) is 5.91 Å². The van der Waals surface area contributed by atoms with Gasteiger partial charge in [0.15, 0.2) is 5.13 Å². The highest BCUT2D eigenvalue weighted by molar-refractivity contribution is 7.13. The van der Waals surface area contributed by atoms with Crippen LogP contribution in [0.15, 0.2) is 29.6 Å². The zero-order valence-corrected chi connectivity index (χ0v) is 12.5. The predicted molar refractivity (Wildman–Crippen MR) is 80.7 cm³/mol. The van der Waals surface area contributed by atoms with Crippen molar-refractivity contribution < 1.29 is 14.3 Å². The first-order chi connectivity index (χ1) is 10.1. The number of aliphatic hydroxyl groups excluding tert-OH is 1. The van der Waals surface area contributed by atoms with Gasteiger partial charge in [0, 0.05) is 5.38 Å². The summed E-state index contributed by atoms with van der Waals surface area (Å²) in [4.78, 5) is 16.1.